The summed E-state index contributed by atoms with van der Waals surface area (Å²) in [7, 11) is 1.44. The van der Waals surface area contributed by atoms with Gasteiger partial charge in [-0.1, -0.05) is 12.1 Å². The Labute approximate surface area is 185 Å². The molecule has 32 heavy (non-hydrogen) atoms. The maximum absolute atomic E-state index is 11.2. The molecule has 0 aromatic heterocycles. The predicted octanol–water partition coefficient (Wildman–Crippen LogP) is 3.83. The molecule has 1 aliphatic heterocycles. The summed E-state index contributed by atoms with van der Waals surface area (Å²) < 4.78 is 16.1. The van der Waals surface area contributed by atoms with Gasteiger partial charge in [0.15, 0.2) is 23.0 Å². The third-order valence-electron chi connectivity index (χ3n) is 6.26. The standard InChI is InChI=1S/C13H14O4.C11H12O4/c1-12(2)16-9-4-3-8(7-10(9)17-12)13(5-6-13)11(14)15;1-15-9-6-7(2-3-8(9)12)11(4-5-11)10(13)14/h3-4,7H,5-6H2,1-2H3,(H,14,15);2-3,6,12H,4-5H2,1H3,(H,13,14). The lowest BCUT2D eigenvalue weighted by Crippen LogP contribution is -2.29. The maximum Gasteiger partial charge on any atom is 0.314 e. The van der Waals surface area contributed by atoms with Crippen LogP contribution in [-0.4, -0.2) is 40.2 Å². The van der Waals surface area contributed by atoms with Crippen LogP contribution in [0.25, 0.3) is 0 Å². The molecule has 0 radical (unpaired) electrons. The van der Waals surface area contributed by atoms with E-state index in [2.05, 4.69) is 0 Å². The Kier molecular flexibility index (Phi) is 4.99. The summed E-state index contributed by atoms with van der Waals surface area (Å²) >= 11 is 0. The first-order valence-electron chi connectivity index (χ1n) is 10.4. The van der Waals surface area contributed by atoms with E-state index in [1.54, 1.807) is 24.3 Å². The summed E-state index contributed by atoms with van der Waals surface area (Å²) in [5.74, 6) is -0.561. The van der Waals surface area contributed by atoms with E-state index in [0.29, 0.717) is 48.5 Å². The Hall–Kier alpha value is -3.42. The Morgan fingerprint density at radius 2 is 1.34 bits per heavy atom. The van der Waals surface area contributed by atoms with E-state index in [1.807, 2.05) is 19.9 Å². The van der Waals surface area contributed by atoms with E-state index in [0.717, 1.165) is 5.56 Å². The minimum absolute atomic E-state index is 0.0300. The highest BCUT2D eigenvalue weighted by atomic mass is 16.7. The third-order valence-corrected chi connectivity index (χ3v) is 6.26. The van der Waals surface area contributed by atoms with Gasteiger partial charge in [0.1, 0.15) is 0 Å². The molecule has 3 N–H and O–H groups in total. The predicted molar refractivity (Wildman–Crippen MR) is 114 cm³/mol. The quantitative estimate of drug-likeness (QED) is 0.639. The summed E-state index contributed by atoms with van der Waals surface area (Å²) in [6.07, 6.45) is 2.70. The summed E-state index contributed by atoms with van der Waals surface area (Å²) in [6.45, 7) is 3.66. The number of phenolic OH excluding ortho intramolecular Hbond substituents is 1. The smallest absolute Gasteiger partial charge is 0.314 e. The van der Waals surface area contributed by atoms with Crippen LogP contribution in [0.1, 0.15) is 50.7 Å². The van der Waals surface area contributed by atoms with Crippen LogP contribution >= 0.6 is 0 Å². The van der Waals surface area contributed by atoms with Crippen LogP contribution in [0.4, 0.5) is 0 Å². The zero-order valence-corrected chi connectivity index (χ0v) is 18.2. The van der Waals surface area contributed by atoms with Crippen LogP contribution in [0.5, 0.6) is 23.0 Å². The van der Waals surface area contributed by atoms with Crippen LogP contribution in [0.15, 0.2) is 36.4 Å². The lowest BCUT2D eigenvalue weighted by atomic mass is 9.96. The number of benzene rings is 2. The monoisotopic (exact) mass is 442 g/mol. The van der Waals surface area contributed by atoms with E-state index in [-0.39, 0.29) is 5.75 Å². The second-order valence-electron chi connectivity index (χ2n) is 8.93. The van der Waals surface area contributed by atoms with E-state index >= 15 is 0 Å². The first kappa shape index (κ1) is 21.8. The average molecular weight is 442 g/mol. The number of methoxy groups -OCH3 is 1. The van der Waals surface area contributed by atoms with Gasteiger partial charge in [-0.05, 0) is 61.1 Å². The first-order chi connectivity index (χ1) is 15.0. The molecule has 8 nitrogen and oxygen atoms in total. The number of phenols is 1. The third kappa shape index (κ3) is 3.70. The molecule has 3 aliphatic rings. The van der Waals surface area contributed by atoms with Gasteiger partial charge in [-0.25, -0.2) is 0 Å². The second-order valence-corrected chi connectivity index (χ2v) is 8.93. The Morgan fingerprint density at radius 3 is 1.84 bits per heavy atom. The van der Waals surface area contributed by atoms with Gasteiger partial charge in [0, 0.05) is 13.8 Å². The summed E-state index contributed by atoms with van der Waals surface area (Å²) in [5.41, 5.74) is 0.0706. The minimum Gasteiger partial charge on any atom is -0.504 e. The van der Waals surface area contributed by atoms with Crippen molar-refractivity contribution >= 4 is 11.9 Å². The molecule has 170 valence electrons. The van der Waals surface area contributed by atoms with E-state index in [1.165, 1.54) is 13.2 Å². The fourth-order valence-electron chi connectivity index (χ4n) is 4.00. The van der Waals surface area contributed by atoms with E-state index in [4.69, 9.17) is 19.3 Å². The molecule has 0 atom stereocenters. The van der Waals surface area contributed by atoms with Gasteiger partial charge in [0.2, 0.25) is 5.79 Å². The highest BCUT2D eigenvalue weighted by Gasteiger charge is 2.53. The number of carbonyl (C=O) groups is 2. The second kappa shape index (κ2) is 7.32. The molecule has 0 unspecified atom stereocenters. The van der Waals surface area contributed by atoms with Crippen molar-refractivity contribution in [1.82, 2.24) is 0 Å². The number of ether oxygens (including phenoxy) is 3. The Balaban J connectivity index is 0.000000155. The van der Waals surface area contributed by atoms with Crippen LogP contribution in [0.2, 0.25) is 0 Å². The van der Waals surface area contributed by atoms with Crippen molar-refractivity contribution in [3.8, 4) is 23.0 Å². The van der Waals surface area contributed by atoms with Crippen LogP contribution in [0, 0.1) is 0 Å². The minimum atomic E-state index is -0.810. The van der Waals surface area contributed by atoms with Gasteiger partial charge >= 0.3 is 11.9 Å². The molecule has 1 heterocycles. The van der Waals surface area contributed by atoms with Crippen molar-refractivity contribution in [2.45, 2.75) is 56.1 Å². The SMILES string of the molecule is CC1(C)Oc2ccc(C3(C(=O)O)CC3)cc2O1.COc1cc(C2(C(=O)O)CC2)ccc1O. The first-order valence-corrected chi connectivity index (χ1v) is 10.4. The molecule has 0 amide bonds. The van der Waals surface area contributed by atoms with E-state index in [9.17, 15) is 19.8 Å². The number of hydrogen-bond donors (Lipinski definition) is 3. The lowest BCUT2D eigenvalue weighted by Gasteiger charge is -2.16. The van der Waals surface area contributed by atoms with Gasteiger partial charge in [-0.2, -0.15) is 0 Å². The van der Waals surface area contributed by atoms with Gasteiger partial charge in [-0.3, -0.25) is 9.59 Å². The van der Waals surface area contributed by atoms with Crippen molar-refractivity contribution < 1.29 is 39.1 Å². The van der Waals surface area contributed by atoms with Crippen LogP contribution in [-0.2, 0) is 20.4 Å². The topological polar surface area (TPSA) is 123 Å². The maximum atomic E-state index is 11.2. The number of hydrogen-bond acceptors (Lipinski definition) is 6. The van der Waals surface area contributed by atoms with E-state index < -0.39 is 28.6 Å². The fraction of sp³-hybridized carbons (Fsp3) is 0.417. The Morgan fingerprint density at radius 1 is 0.844 bits per heavy atom. The molecular formula is C24H26O8. The number of rotatable bonds is 5. The highest BCUT2D eigenvalue weighted by molar-refractivity contribution is 5.85. The molecule has 8 heteroatoms. The molecule has 0 saturated heterocycles. The molecule has 2 aliphatic carbocycles. The fourth-order valence-corrected chi connectivity index (χ4v) is 4.00. The zero-order valence-electron chi connectivity index (χ0n) is 18.2. The molecular weight excluding hydrogens is 416 g/mol. The van der Waals surface area contributed by atoms with Gasteiger partial charge in [0.25, 0.3) is 0 Å². The molecule has 2 fully saturated rings. The van der Waals surface area contributed by atoms with Gasteiger partial charge in [0.05, 0.1) is 17.9 Å². The highest BCUT2D eigenvalue weighted by Crippen LogP contribution is 2.52. The molecule has 2 saturated carbocycles. The molecule has 0 bridgehead atoms. The Bertz CT molecular complexity index is 1080. The molecule has 2 aromatic rings. The largest absolute Gasteiger partial charge is 0.504 e. The van der Waals surface area contributed by atoms with Crippen molar-refractivity contribution in [2.24, 2.45) is 0 Å². The molecule has 2 aromatic carbocycles. The molecule has 5 rings (SSSR count). The number of aliphatic carboxylic acids is 2. The molecule has 0 spiro atoms. The average Bonchev–Trinajstić information content (AvgIpc) is 3.63. The number of aromatic hydroxyl groups is 1. The zero-order chi connectivity index (χ0) is 23.3. The van der Waals surface area contributed by atoms with Crippen LogP contribution in [0.3, 0.4) is 0 Å². The van der Waals surface area contributed by atoms with Crippen LogP contribution < -0.4 is 14.2 Å². The lowest BCUT2D eigenvalue weighted by molar-refractivity contribution is -0.141. The summed E-state index contributed by atoms with van der Waals surface area (Å²) in [5, 5.41) is 27.7. The normalized spacial score (nSPS) is 19.8. The summed E-state index contributed by atoms with van der Waals surface area (Å²) in [4.78, 5) is 22.3. The van der Waals surface area contributed by atoms with Gasteiger partial charge in [-0.15, -0.1) is 0 Å². The number of carboxylic acids is 2. The van der Waals surface area contributed by atoms with Crippen molar-refractivity contribution in [3.05, 3.63) is 47.5 Å². The van der Waals surface area contributed by atoms with Crippen molar-refractivity contribution in [3.63, 3.8) is 0 Å². The van der Waals surface area contributed by atoms with Crippen molar-refractivity contribution in [2.75, 3.05) is 7.11 Å². The van der Waals surface area contributed by atoms with Gasteiger partial charge < -0.3 is 29.5 Å². The number of fused-ring (bicyclic) bond motifs is 1. The van der Waals surface area contributed by atoms with Crippen molar-refractivity contribution in [1.29, 1.82) is 0 Å². The number of carboxylic acid groups (broad SMARTS) is 2. The summed E-state index contributed by atoms with van der Waals surface area (Å²) in [6, 6.07) is 10.1.